The van der Waals surface area contributed by atoms with Crippen molar-refractivity contribution < 1.29 is 14.3 Å². The number of oxazole rings is 1. The Hall–Kier alpha value is -1.84. The fourth-order valence-corrected chi connectivity index (χ4v) is 1.58. The highest BCUT2D eigenvalue weighted by Gasteiger charge is 2.04. The van der Waals surface area contributed by atoms with Crippen molar-refractivity contribution in [2.24, 2.45) is 0 Å². The summed E-state index contributed by atoms with van der Waals surface area (Å²) in [5.41, 5.74) is 1.64. The van der Waals surface area contributed by atoms with Crippen LogP contribution in [0.2, 0.25) is 0 Å². The van der Waals surface area contributed by atoms with Crippen molar-refractivity contribution in [1.82, 2.24) is 4.98 Å². The lowest BCUT2D eigenvalue weighted by molar-refractivity contribution is -0.137. The quantitative estimate of drug-likeness (QED) is 0.785. The number of rotatable bonds is 5. The van der Waals surface area contributed by atoms with Crippen LogP contribution in [0.25, 0.3) is 11.1 Å². The van der Waals surface area contributed by atoms with Gasteiger partial charge in [0.25, 0.3) is 0 Å². The lowest BCUT2D eigenvalue weighted by Gasteiger charge is -1.93. The Kier molecular flexibility index (Phi) is 3.19. The van der Waals surface area contributed by atoms with E-state index in [1.807, 2.05) is 24.3 Å². The average molecular weight is 219 g/mol. The molecule has 0 saturated heterocycles. The molecule has 0 saturated carbocycles. The molecule has 4 nitrogen and oxygen atoms in total. The zero-order valence-corrected chi connectivity index (χ0v) is 8.85. The Bertz CT molecular complexity index is 457. The summed E-state index contributed by atoms with van der Waals surface area (Å²) < 4.78 is 5.52. The summed E-state index contributed by atoms with van der Waals surface area (Å²) in [7, 11) is 0. The van der Waals surface area contributed by atoms with E-state index in [0.29, 0.717) is 18.7 Å². The number of aryl methyl sites for hydroxylation is 1. The van der Waals surface area contributed by atoms with Gasteiger partial charge in [0.2, 0.25) is 0 Å². The number of fused-ring (bicyclic) bond motifs is 1. The van der Waals surface area contributed by atoms with Crippen LogP contribution in [0.3, 0.4) is 0 Å². The summed E-state index contributed by atoms with van der Waals surface area (Å²) in [5.74, 6) is -0.0656. The van der Waals surface area contributed by atoms with Crippen LogP contribution in [-0.4, -0.2) is 16.1 Å². The van der Waals surface area contributed by atoms with Crippen LogP contribution in [0, 0.1) is 0 Å². The minimum atomic E-state index is -0.752. The van der Waals surface area contributed by atoms with Gasteiger partial charge < -0.3 is 9.52 Å². The van der Waals surface area contributed by atoms with Crippen molar-refractivity contribution in [2.75, 3.05) is 0 Å². The number of unbranched alkanes of at least 4 members (excludes halogenated alkanes) is 1. The first-order chi connectivity index (χ1) is 7.75. The molecule has 2 rings (SSSR count). The summed E-state index contributed by atoms with van der Waals surface area (Å²) in [6.45, 7) is 0. The molecule has 0 aliphatic rings. The Morgan fingerprint density at radius 2 is 2.12 bits per heavy atom. The monoisotopic (exact) mass is 219 g/mol. The zero-order valence-electron chi connectivity index (χ0n) is 8.85. The summed E-state index contributed by atoms with van der Waals surface area (Å²) in [6, 6.07) is 7.60. The SMILES string of the molecule is O=C(O)CCCCc1nc2ccccc2o1. The maximum absolute atomic E-state index is 10.3. The molecule has 84 valence electrons. The van der Waals surface area contributed by atoms with E-state index in [1.165, 1.54) is 0 Å². The second kappa shape index (κ2) is 4.79. The maximum atomic E-state index is 10.3. The molecule has 16 heavy (non-hydrogen) atoms. The Labute approximate surface area is 92.9 Å². The number of hydrogen-bond acceptors (Lipinski definition) is 3. The standard InChI is InChI=1S/C12H13NO3/c14-12(15)8-4-3-7-11-13-9-5-1-2-6-10(9)16-11/h1-2,5-6H,3-4,7-8H2,(H,14,15). The molecule has 0 aliphatic carbocycles. The number of benzene rings is 1. The van der Waals surface area contributed by atoms with E-state index in [4.69, 9.17) is 9.52 Å². The van der Waals surface area contributed by atoms with Crippen LogP contribution in [0.15, 0.2) is 28.7 Å². The molecule has 0 spiro atoms. The van der Waals surface area contributed by atoms with Crippen molar-refractivity contribution >= 4 is 17.1 Å². The van der Waals surface area contributed by atoms with Gasteiger partial charge in [-0.25, -0.2) is 4.98 Å². The smallest absolute Gasteiger partial charge is 0.303 e. The number of para-hydroxylation sites is 2. The molecule has 1 heterocycles. The van der Waals surface area contributed by atoms with Crippen LogP contribution < -0.4 is 0 Å². The molecule has 1 N–H and O–H groups in total. The molecule has 0 amide bonds. The topological polar surface area (TPSA) is 63.3 Å². The molecule has 0 atom stereocenters. The van der Waals surface area contributed by atoms with Gasteiger partial charge in [-0.2, -0.15) is 0 Å². The average Bonchev–Trinajstić information content (AvgIpc) is 2.66. The van der Waals surface area contributed by atoms with Crippen LogP contribution in [-0.2, 0) is 11.2 Å². The molecule has 1 aromatic carbocycles. The second-order valence-electron chi connectivity index (χ2n) is 3.68. The highest BCUT2D eigenvalue weighted by molar-refractivity contribution is 5.72. The predicted molar refractivity (Wildman–Crippen MR) is 59.2 cm³/mol. The van der Waals surface area contributed by atoms with Gasteiger partial charge >= 0.3 is 5.97 Å². The third-order valence-corrected chi connectivity index (χ3v) is 2.37. The van der Waals surface area contributed by atoms with Crippen LogP contribution >= 0.6 is 0 Å². The van der Waals surface area contributed by atoms with Gasteiger partial charge in [-0.3, -0.25) is 4.79 Å². The van der Waals surface area contributed by atoms with Crippen molar-refractivity contribution in [3.63, 3.8) is 0 Å². The number of carboxylic acid groups (broad SMARTS) is 1. The highest BCUT2D eigenvalue weighted by atomic mass is 16.4. The van der Waals surface area contributed by atoms with Gasteiger partial charge in [0, 0.05) is 12.8 Å². The predicted octanol–water partition coefficient (Wildman–Crippen LogP) is 2.63. The normalized spacial score (nSPS) is 10.8. The number of aromatic nitrogens is 1. The molecule has 2 aromatic rings. The molecule has 0 aliphatic heterocycles. The van der Waals surface area contributed by atoms with E-state index in [2.05, 4.69) is 4.98 Å². The number of carbonyl (C=O) groups is 1. The first kappa shape index (κ1) is 10.7. The van der Waals surface area contributed by atoms with Gasteiger partial charge in [0.1, 0.15) is 5.52 Å². The van der Waals surface area contributed by atoms with Crippen LogP contribution in [0.5, 0.6) is 0 Å². The molecule has 0 radical (unpaired) electrons. The van der Waals surface area contributed by atoms with Crippen molar-refractivity contribution in [3.05, 3.63) is 30.2 Å². The van der Waals surface area contributed by atoms with Crippen LogP contribution in [0.4, 0.5) is 0 Å². The van der Waals surface area contributed by atoms with E-state index in [0.717, 1.165) is 17.5 Å². The number of hydrogen-bond donors (Lipinski definition) is 1. The second-order valence-corrected chi connectivity index (χ2v) is 3.68. The number of aliphatic carboxylic acids is 1. The molecule has 0 bridgehead atoms. The first-order valence-corrected chi connectivity index (χ1v) is 5.32. The Balaban J connectivity index is 1.92. The molecule has 1 aromatic heterocycles. The van der Waals surface area contributed by atoms with E-state index < -0.39 is 5.97 Å². The van der Waals surface area contributed by atoms with E-state index >= 15 is 0 Å². The van der Waals surface area contributed by atoms with Gasteiger partial charge in [-0.15, -0.1) is 0 Å². The van der Waals surface area contributed by atoms with E-state index in [-0.39, 0.29) is 6.42 Å². The van der Waals surface area contributed by atoms with Gasteiger partial charge in [0.15, 0.2) is 11.5 Å². The maximum Gasteiger partial charge on any atom is 0.303 e. The lowest BCUT2D eigenvalue weighted by Crippen LogP contribution is -1.94. The lowest BCUT2D eigenvalue weighted by atomic mass is 10.2. The zero-order chi connectivity index (χ0) is 11.4. The third-order valence-electron chi connectivity index (χ3n) is 2.37. The fourth-order valence-electron chi connectivity index (χ4n) is 1.58. The summed E-state index contributed by atoms with van der Waals surface area (Å²) in [5, 5.41) is 8.49. The Morgan fingerprint density at radius 3 is 2.88 bits per heavy atom. The van der Waals surface area contributed by atoms with E-state index in [1.54, 1.807) is 0 Å². The van der Waals surface area contributed by atoms with Crippen LogP contribution in [0.1, 0.15) is 25.2 Å². The third kappa shape index (κ3) is 2.59. The molecular weight excluding hydrogens is 206 g/mol. The number of nitrogens with zero attached hydrogens (tertiary/aromatic N) is 1. The number of carboxylic acids is 1. The van der Waals surface area contributed by atoms with Crippen molar-refractivity contribution in [2.45, 2.75) is 25.7 Å². The largest absolute Gasteiger partial charge is 0.481 e. The molecule has 0 fully saturated rings. The van der Waals surface area contributed by atoms with Gasteiger partial charge in [-0.05, 0) is 25.0 Å². The summed E-state index contributed by atoms with van der Waals surface area (Å²) in [6.07, 6.45) is 2.36. The van der Waals surface area contributed by atoms with E-state index in [9.17, 15) is 4.79 Å². The molecule has 4 heteroatoms. The minimum absolute atomic E-state index is 0.209. The van der Waals surface area contributed by atoms with Crippen molar-refractivity contribution in [3.8, 4) is 0 Å². The first-order valence-electron chi connectivity index (χ1n) is 5.32. The Morgan fingerprint density at radius 1 is 1.31 bits per heavy atom. The minimum Gasteiger partial charge on any atom is -0.481 e. The summed E-state index contributed by atoms with van der Waals surface area (Å²) in [4.78, 5) is 14.6. The van der Waals surface area contributed by atoms with Crippen molar-refractivity contribution in [1.29, 1.82) is 0 Å². The molecular formula is C12H13NO3. The summed E-state index contributed by atoms with van der Waals surface area (Å²) >= 11 is 0. The molecule has 0 unspecified atom stereocenters. The van der Waals surface area contributed by atoms with Gasteiger partial charge in [0.05, 0.1) is 0 Å². The fraction of sp³-hybridized carbons (Fsp3) is 0.333. The highest BCUT2D eigenvalue weighted by Crippen LogP contribution is 2.16. The van der Waals surface area contributed by atoms with Gasteiger partial charge in [-0.1, -0.05) is 12.1 Å².